The topological polar surface area (TPSA) is 32.3 Å². The van der Waals surface area contributed by atoms with Gasteiger partial charge < -0.3 is 10.2 Å². The molecule has 0 saturated carbocycles. The van der Waals surface area contributed by atoms with E-state index in [9.17, 15) is 4.79 Å². The van der Waals surface area contributed by atoms with Crippen LogP contribution in [0.1, 0.15) is 33.6 Å². The van der Waals surface area contributed by atoms with E-state index in [-0.39, 0.29) is 11.4 Å². The van der Waals surface area contributed by atoms with Gasteiger partial charge in [-0.15, -0.1) is 0 Å². The summed E-state index contributed by atoms with van der Waals surface area (Å²) in [5, 5.41) is 3.54. The van der Waals surface area contributed by atoms with Gasteiger partial charge in [-0.1, -0.05) is 6.58 Å². The zero-order valence-corrected chi connectivity index (χ0v) is 10.0. The molecule has 3 heteroatoms. The molecule has 1 aliphatic heterocycles. The lowest BCUT2D eigenvalue weighted by molar-refractivity contribution is -0.127. The van der Waals surface area contributed by atoms with Crippen molar-refractivity contribution in [3.63, 3.8) is 0 Å². The Bertz CT molecular complexity index is 242. The second-order valence-corrected chi connectivity index (χ2v) is 5.22. The first kappa shape index (κ1) is 12.2. The van der Waals surface area contributed by atoms with Crippen LogP contribution in [0.4, 0.5) is 0 Å². The average Bonchev–Trinajstić information content (AvgIpc) is 2.14. The van der Waals surface area contributed by atoms with Crippen molar-refractivity contribution in [2.24, 2.45) is 0 Å². The van der Waals surface area contributed by atoms with Crippen LogP contribution in [0.3, 0.4) is 0 Å². The van der Waals surface area contributed by atoms with Crippen LogP contribution in [0, 0.1) is 0 Å². The maximum Gasteiger partial charge on any atom is 0.246 e. The fraction of sp³-hybridized carbons (Fsp3) is 0.750. The van der Waals surface area contributed by atoms with E-state index in [1.165, 1.54) is 6.08 Å². The quantitative estimate of drug-likeness (QED) is 0.701. The molecule has 1 atom stereocenters. The summed E-state index contributed by atoms with van der Waals surface area (Å²) in [7, 11) is 0. The van der Waals surface area contributed by atoms with Crippen LogP contribution in [-0.2, 0) is 4.79 Å². The fourth-order valence-corrected chi connectivity index (χ4v) is 2.04. The zero-order valence-electron chi connectivity index (χ0n) is 10.0. The first-order chi connectivity index (χ1) is 6.92. The zero-order chi connectivity index (χ0) is 11.5. The van der Waals surface area contributed by atoms with Gasteiger partial charge in [0.25, 0.3) is 0 Å². The molecule has 86 valence electrons. The van der Waals surface area contributed by atoms with E-state index in [4.69, 9.17) is 0 Å². The molecule has 1 rings (SSSR count). The van der Waals surface area contributed by atoms with Crippen LogP contribution in [0.15, 0.2) is 12.7 Å². The highest BCUT2D eigenvalue weighted by molar-refractivity contribution is 5.87. The minimum atomic E-state index is 0.0513. The van der Waals surface area contributed by atoms with Gasteiger partial charge in [0.2, 0.25) is 5.91 Å². The van der Waals surface area contributed by atoms with Gasteiger partial charge in [0.1, 0.15) is 0 Å². The van der Waals surface area contributed by atoms with Gasteiger partial charge in [-0.05, 0) is 39.7 Å². The summed E-state index contributed by atoms with van der Waals surface area (Å²) in [6, 6.07) is 0.419. The molecule has 0 unspecified atom stereocenters. The van der Waals surface area contributed by atoms with E-state index in [0.29, 0.717) is 6.04 Å². The van der Waals surface area contributed by atoms with Crippen LogP contribution < -0.4 is 5.32 Å². The average molecular weight is 210 g/mol. The third kappa shape index (κ3) is 4.04. The number of nitrogens with zero attached hydrogens (tertiary/aromatic N) is 1. The molecule has 0 aromatic rings. The Kier molecular flexibility index (Phi) is 3.91. The summed E-state index contributed by atoms with van der Waals surface area (Å²) in [5.74, 6) is 0.0513. The van der Waals surface area contributed by atoms with Crippen molar-refractivity contribution in [2.45, 2.75) is 45.2 Å². The summed E-state index contributed by atoms with van der Waals surface area (Å²) < 4.78 is 0. The molecule has 15 heavy (non-hydrogen) atoms. The lowest BCUT2D eigenvalue weighted by atomic mass is 10.0. The summed E-state index contributed by atoms with van der Waals surface area (Å²) >= 11 is 0. The molecule has 0 spiro atoms. The number of hydrogen-bond acceptors (Lipinski definition) is 2. The molecule has 0 aliphatic carbocycles. The Labute approximate surface area is 92.5 Å². The normalized spacial score (nSPS) is 22.6. The molecular formula is C12H22N2O. The smallest absolute Gasteiger partial charge is 0.246 e. The van der Waals surface area contributed by atoms with Crippen LogP contribution in [0.5, 0.6) is 0 Å². The summed E-state index contributed by atoms with van der Waals surface area (Å²) in [6.07, 6.45) is 3.63. The largest absolute Gasteiger partial charge is 0.338 e. The van der Waals surface area contributed by atoms with Gasteiger partial charge in [-0.25, -0.2) is 0 Å². The molecule has 1 amide bonds. The van der Waals surface area contributed by atoms with Gasteiger partial charge in [0.05, 0.1) is 0 Å². The first-order valence-electron chi connectivity index (χ1n) is 5.61. The highest BCUT2D eigenvalue weighted by Gasteiger charge is 2.24. The van der Waals surface area contributed by atoms with E-state index in [1.807, 2.05) is 4.90 Å². The van der Waals surface area contributed by atoms with Gasteiger partial charge in [0.15, 0.2) is 0 Å². The molecule has 1 aliphatic rings. The third-order valence-electron chi connectivity index (χ3n) is 2.54. The van der Waals surface area contributed by atoms with Crippen LogP contribution in [-0.4, -0.2) is 35.5 Å². The molecule has 1 heterocycles. The summed E-state index contributed by atoms with van der Waals surface area (Å²) in [6.45, 7) is 11.7. The van der Waals surface area contributed by atoms with E-state index in [0.717, 1.165) is 25.9 Å². The number of hydrogen-bond donors (Lipinski definition) is 1. The number of rotatable bonds is 2. The minimum absolute atomic E-state index is 0.0513. The standard InChI is InChI=1S/C12H22N2O/c1-5-11(15)14-8-6-7-10(9-14)13-12(2,3)4/h5,10,13H,1,6-9H2,2-4H3/t10-/m0/s1. The van der Waals surface area contributed by atoms with E-state index in [1.54, 1.807) is 0 Å². The van der Waals surface area contributed by atoms with Crippen molar-refractivity contribution in [1.29, 1.82) is 0 Å². The number of carbonyl (C=O) groups excluding carboxylic acids is 1. The second-order valence-electron chi connectivity index (χ2n) is 5.22. The predicted octanol–water partition coefficient (Wildman–Crippen LogP) is 1.55. The highest BCUT2D eigenvalue weighted by Crippen LogP contribution is 2.13. The number of likely N-dealkylation sites (tertiary alicyclic amines) is 1. The van der Waals surface area contributed by atoms with Gasteiger partial charge in [0, 0.05) is 24.7 Å². The SMILES string of the molecule is C=CC(=O)N1CCC[C@H](NC(C)(C)C)C1. The molecule has 1 N–H and O–H groups in total. The Morgan fingerprint density at radius 2 is 2.20 bits per heavy atom. The lowest BCUT2D eigenvalue weighted by Gasteiger charge is -2.36. The summed E-state index contributed by atoms with van der Waals surface area (Å²) in [5.41, 5.74) is 0.116. The molecule has 0 radical (unpaired) electrons. The van der Waals surface area contributed by atoms with Gasteiger partial charge in [-0.2, -0.15) is 0 Å². The van der Waals surface area contributed by atoms with Crippen molar-refractivity contribution in [3.05, 3.63) is 12.7 Å². The Morgan fingerprint density at radius 3 is 2.73 bits per heavy atom. The molecule has 0 bridgehead atoms. The predicted molar refractivity (Wildman–Crippen MR) is 62.7 cm³/mol. The number of piperidine rings is 1. The second kappa shape index (κ2) is 4.79. The monoisotopic (exact) mass is 210 g/mol. The summed E-state index contributed by atoms with van der Waals surface area (Å²) in [4.78, 5) is 13.3. The highest BCUT2D eigenvalue weighted by atomic mass is 16.2. The number of carbonyl (C=O) groups is 1. The Morgan fingerprint density at radius 1 is 1.53 bits per heavy atom. The Balaban J connectivity index is 2.49. The molecule has 0 aromatic heterocycles. The van der Waals surface area contributed by atoms with Crippen LogP contribution in [0.25, 0.3) is 0 Å². The number of amides is 1. The third-order valence-corrected chi connectivity index (χ3v) is 2.54. The van der Waals surface area contributed by atoms with E-state index < -0.39 is 0 Å². The minimum Gasteiger partial charge on any atom is -0.338 e. The van der Waals surface area contributed by atoms with Crippen molar-refractivity contribution >= 4 is 5.91 Å². The van der Waals surface area contributed by atoms with Crippen LogP contribution >= 0.6 is 0 Å². The maximum absolute atomic E-state index is 11.5. The lowest BCUT2D eigenvalue weighted by Crippen LogP contribution is -2.52. The molecular weight excluding hydrogens is 188 g/mol. The van der Waals surface area contributed by atoms with Crippen molar-refractivity contribution in [2.75, 3.05) is 13.1 Å². The first-order valence-corrected chi connectivity index (χ1v) is 5.61. The molecule has 1 saturated heterocycles. The van der Waals surface area contributed by atoms with Crippen molar-refractivity contribution in [3.8, 4) is 0 Å². The van der Waals surface area contributed by atoms with Crippen molar-refractivity contribution in [1.82, 2.24) is 10.2 Å². The molecule has 3 nitrogen and oxygen atoms in total. The number of nitrogens with one attached hydrogen (secondary N) is 1. The molecule has 0 aromatic carbocycles. The Hall–Kier alpha value is -0.830. The maximum atomic E-state index is 11.5. The van der Waals surface area contributed by atoms with Gasteiger partial charge in [-0.3, -0.25) is 4.79 Å². The van der Waals surface area contributed by atoms with Gasteiger partial charge >= 0.3 is 0 Å². The fourth-order valence-electron chi connectivity index (χ4n) is 2.04. The van der Waals surface area contributed by atoms with E-state index in [2.05, 4.69) is 32.7 Å². The molecule has 1 fully saturated rings. The van der Waals surface area contributed by atoms with Crippen molar-refractivity contribution < 1.29 is 4.79 Å². The van der Waals surface area contributed by atoms with E-state index >= 15 is 0 Å². The van der Waals surface area contributed by atoms with Crippen LogP contribution in [0.2, 0.25) is 0 Å².